The van der Waals surface area contributed by atoms with Gasteiger partial charge in [0, 0.05) is 35.0 Å². The Morgan fingerprint density at radius 3 is 2.46 bits per heavy atom. The summed E-state index contributed by atoms with van der Waals surface area (Å²) in [7, 11) is 0. The van der Waals surface area contributed by atoms with Gasteiger partial charge in [-0.2, -0.15) is 9.83 Å². The van der Waals surface area contributed by atoms with Crippen molar-refractivity contribution in [2.24, 2.45) is 0 Å². The van der Waals surface area contributed by atoms with Crippen LogP contribution in [0.25, 0.3) is 34.0 Å². The minimum atomic E-state index is 0.587. The van der Waals surface area contributed by atoms with E-state index in [4.69, 9.17) is 0 Å². The Hall–Kier alpha value is -3.54. The maximum absolute atomic E-state index is 11.1. The summed E-state index contributed by atoms with van der Waals surface area (Å²) in [6.45, 7) is 0. The second-order valence-electron chi connectivity index (χ2n) is 5.25. The maximum atomic E-state index is 11.1. The van der Waals surface area contributed by atoms with Gasteiger partial charge < -0.3 is 5.21 Å². The zero-order valence-electron chi connectivity index (χ0n) is 12.6. The molecule has 0 atom stereocenters. The van der Waals surface area contributed by atoms with Crippen molar-refractivity contribution in [2.75, 3.05) is 0 Å². The first-order chi connectivity index (χ1) is 11.8. The Morgan fingerprint density at radius 2 is 1.67 bits per heavy atom. The summed E-state index contributed by atoms with van der Waals surface area (Å²) in [4.78, 5) is 8.92. The molecule has 0 spiro atoms. The zero-order valence-corrected chi connectivity index (χ0v) is 12.6. The monoisotopic (exact) mass is 315 g/mol. The first-order valence-electron chi connectivity index (χ1n) is 7.43. The Kier molecular flexibility index (Phi) is 3.47. The lowest BCUT2D eigenvalue weighted by molar-refractivity contribution is -0.605. The van der Waals surface area contributed by atoms with Crippen LogP contribution in [0.4, 0.5) is 0 Å². The standard InChI is InChI=1S/C18H13N5O/c24-23-10-7-14(8-11-23)17-20-18(22-21-17)15-6-9-19-16(12-15)13-4-2-1-3-5-13/h1-12H,(H,20,21,22). The summed E-state index contributed by atoms with van der Waals surface area (Å²) in [5.74, 6) is 1.20. The molecule has 0 aliphatic carbocycles. The van der Waals surface area contributed by atoms with Crippen molar-refractivity contribution in [2.45, 2.75) is 0 Å². The number of rotatable bonds is 3. The minimum Gasteiger partial charge on any atom is -0.619 e. The maximum Gasteiger partial charge on any atom is 0.181 e. The molecule has 6 nitrogen and oxygen atoms in total. The highest BCUT2D eigenvalue weighted by Gasteiger charge is 2.10. The van der Waals surface area contributed by atoms with Gasteiger partial charge in [0.05, 0.1) is 5.69 Å². The van der Waals surface area contributed by atoms with Gasteiger partial charge in [-0.15, -0.1) is 0 Å². The smallest absolute Gasteiger partial charge is 0.181 e. The highest BCUT2D eigenvalue weighted by Crippen LogP contribution is 2.23. The largest absolute Gasteiger partial charge is 0.619 e. The van der Waals surface area contributed by atoms with E-state index in [-0.39, 0.29) is 0 Å². The van der Waals surface area contributed by atoms with E-state index < -0.39 is 0 Å². The summed E-state index contributed by atoms with van der Waals surface area (Å²) < 4.78 is 0.732. The molecule has 0 aliphatic heterocycles. The molecule has 6 heteroatoms. The summed E-state index contributed by atoms with van der Waals surface area (Å²) in [5.41, 5.74) is 3.59. The van der Waals surface area contributed by atoms with Gasteiger partial charge in [-0.05, 0) is 12.1 Å². The fraction of sp³-hybridized carbons (Fsp3) is 0. The van der Waals surface area contributed by atoms with Gasteiger partial charge in [-0.1, -0.05) is 30.3 Å². The van der Waals surface area contributed by atoms with Gasteiger partial charge >= 0.3 is 0 Å². The van der Waals surface area contributed by atoms with E-state index >= 15 is 0 Å². The van der Waals surface area contributed by atoms with Crippen LogP contribution in [0.1, 0.15) is 0 Å². The van der Waals surface area contributed by atoms with Gasteiger partial charge in [0.25, 0.3) is 0 Å². The van der Waals surface area contributed by atoms with Gasteiger partial charge in [-0.25, -0.2) is 4.98 Å². The third-order valence-corrected chi connectivity index (χ3v) is 3.65. The second-order valence-corrected chi connectivity index (χ2v) is 5.25. The molecule has 1 N–H and O–H groups in total. The molecule has 3 aromatic heterocycles. The number of hydrogen-bond acceptors (Lipinski definition) is 4. The summed E-state index contributed by atoms with van der Waals surface area (Å²) in [5, 5.41) is 18.3. The fourth-order valence-corrected chi connectivity index (χ4v) is 2.43. The molecule has 116 valence electrons. The highest BCUT2D eigenvalue weighted by molar-refractivity contribution is 5.67. The normalized spacial score (nSPS) is 10.7. The summed E-state index contributed by atoms with van der Waals surface area (Å²) in [6, 6.07) is 17.2. The number of aromatic amines is 1. The Labute approximate surface area is 138 Å². The molecular weight excluding hydrogens is 302 g/mol. The van der Waals surface area contributed by atoms with Crippen molar-refractivity contribution in [1.82, 2.24) is 20.2 Å². The van der Waals surface area contributed by atoms with Gasteiger partial charge in [0.2, 0.25) is 0 Å². The first kappa shape index (κ1) is 14.1. The average molecular weight is 315 g/mol. The van der Waals surface area contributed by atoms with Gasteiger partial charge in [0.15, 0.2) is 24.0 Å². The molecule has 0 radical (unpaired) electrons. The Morgan fingerprint density at radius 1 is 0.875 bits per heavy atom. The van der Waals surface area contributed by atoms with Crippen LogP contribution < -0.4 is 4.73 Å². The summed E-state index contributed by atoms with van der Waals surface area (Å²) in [6.07, 6.45) is 4.60. The molecule has 4 aromatic rings. The lowest BCUT2D eigenvalue weighted by Gasteiger charge is -2.02. The molecule has 0 saturated heterocycles. The van der Waals surface area contributed by atoms with Crippen LogP contribution in [0.2, 0.25) is 0 Å². The third-order valence-electron chi connectivity index (χ3n) is 3.65. The number of pyridine rings is 2. The van der Waals surface area contributed by atoms with E-state index in [0.29, 0.717) is 11.6 Å². The van der Waals surface area contributed by atoms with Gasteiger partial charge in [0.1, 0.15) is 0 Å². The van der Waals surface area contributed by atoms with Crippen molar-refractivity contribution < 1.29 is 4.73 Å². The van der Waals surface area contributed by atoms with Crippen LogP contribution in [0.3, 0.4) is 0 Å². The number of aromatic nitrogens is 5. The Bertz CT molecular complexity index is 964. The van der Waals surface area contributed by atoms with E-state index in [9.17, 15) is 5.21 Å². The van der Waals surface area contributed by atoms with E-state index in [2.05, 4.69) is 20.2 Å². The van der Waals surface area contributed by atoms with Crippen LogP contribution >= 0.6 is 0 Å². The molecule has 0 saturated carbocycles. The SMILES string of the molecule is [O-][n+]1ccc(-c2nc(-c3ccnc(-c4ccccc4)c3)n[nH]2)cc1. The molecule has 0 amide bonds. The topological polar surface area (TPSA) is 81.4 Å². The fourth-order valence-electron chi connectivity index (χ4n) is 2.43. The number of nitrogens with zero attached hydrogens (tertiary/aromatic N) is 4. The van der Waals surface area contributed by atoms with Crippen LogP contribution in [-0.4, -0.2) is 20.2 Å². The summed E-state index contributed by atoms with van der Waals surface area (Å²) >= 11 is 0. The van der Waals surface area contributed by atoms with Gasteiger partial charge in [-0.3, -0.25) is 10.1 Å². The van der Waals surface area contributed by atoms with Crippen LogP contribution in [0, 0.1) is 5.21 Å². The van der Waals surface area contributed by atoms with E-state index in [1.54, 1.807) is 18.3 Å². The van der Waals surface area contributed by atoms with E-state index in [1.165, 1.54) is 12.4 Å². The molecule has 24 heavy (non-hydrogen) atoms. The molecule has 0 fully saturated rings. The first-order valence-corrected chi connectivity index (χ1v) is 7.43. The molecular formula is C18H13N5O. The molecule has 0 aliphatic rings. The van der Waals surface area contributed by atoms with E-state index in [1.807, 2.05) is 42.5 Å². The number of hydrogen-bond donors (Lipinski definition) is 1. The molecule has 3 heterocycles. The average Bonchev–Trinajstić information content (AvgIpc) is 3.13. The van der Waals surface area contributed by atoms with Crippen LogP contribution in [0.15, 0.2) is 73.2 Å². The Balaban J connectivity index is 1.69. The molecule has 1 aromatic carbocycles. The zero-order chi connectivity index (χ0) is 16.4. The predicted molar refractivity (Wildman–Crippen MR) is 89.4 cm³/mol. The van der Waals surface area contributed by atoms with Crippen molar-refractivity contribution in [3.63, 3.8) is 0 Å². The lowest BCUT2D eigenvalue weighted by Crippen LogP contribution is -2.23. The van der Waals surface area contributed by atoms with Crippen LogP contribution in [-0.2, 0) is 0 Å². The lowest BCUT2D eigenvalue weighted by atomic mass is 10.1. The van der Waals surface area contributed by atoms with Crippen molar-refractivity contribution in [3.8, 4) is 34.0 Å². The van der Waals surface area contributed by atoms with Crippen molar-refractivity contribution >= 4 is 0 Å². The minimum absolute atomic E-state index is 0.587. The number of nitrogens with one attached hydrogen (secondary N) is 1. The predicted octanol–water partition coefficient (Wildman–Crippen LogP) is 2.83. The third kappa shape index (κ3) is 2.72. The molecule has 4 rings (SSSR count). The quantitative estimate of drug-likeness (QED) is 0.465. The van der Waals surface area contributed by atoms with Crippen molar-refractivity contribution in [3.05, 3.63) is 78.4 Å². The van der Waals surface area contributed by atoms with Crippen molar-refractivity contribution in [1.29, 1.82) is 0 Å². The van der Waals surface area contributed by atoms with E-state index in [0.717, 1.165) is 27.1 Å². The highest BCUT2D eigenvalue weighted by atomic mass is 16.5. The number of H-pyrrole nitrogens is 1. The molecule has 0 bridgehead atoms. The molecule has 0 unspecified atom stereocenters. The van der Waals surface area contributed by atoms with Crippen LogP contribution in [0.5, 0.6) is 0 Å². The number of benzene rings is 1. The second kappa shape index (κ2) is 5.92.